The van der Waals surface area contributed by atoms with Crippen LogP contribution in [0.4, 0.5) is 4.39 Å². The number of hydrogen-bond acceptors (Lipinski definition) is 2. The van der Waals surface area contributed by atoms with Gasteiger partial charge in [-0.25, -0.2) is 4.39 Å². The summed E-state index contributed by atoms with van der Waals surface area (Å²) in [5.74, 6) is -1.90. The van der Waals surface area contributed by atoms with Crippen LogP contribution in [0.3, 0.4) is 0 Å². The van der Waals surface area contributed by atoms with Crippen LogP contribution in [0, 0.1) is 5.82 Å². The molecule has 1 aliphatic rings. The van der Waals surface area contributed by atoms with Gasteiger partial charge in [-0.05, 0) is 25.8 Å². The highest BCUT2D eigenvalue weighted by Gasteiger charge is 2.44. The third-order valence-corrected chi connectivity index (χ3v) is 4.00. The van der Waals surface area contributed by atoms with Gasteiger partial charge in [0.1, 0.15) is 11.9 Å². The zero-order valence-electron chi connectivity index (χ0n) is 11.4. The van der Waals surface area contributed by atoms with E-state index in [1.54, 1.807) is 18.2 Å². The third-order valence-electron chi connectivity index (χ3n) is 4.00. The van der Waals surface area contributed by atoms with Gasteiger partial charge in [0, 0.05) is 5.56 Å². The predicted molar refractivity (Wildman–Crippen MR) is 71.8 cm³/mol. The monoisotopic (exact) mass is 279 g/mol. The average molecular weight is 279 g/mol. The Hall–Kier alpha value is -1.91. The Labute approximate surface area is 117 Å². The Morgan fingerprint density at radius 1 is 1.30 bits per heavy atom. The van der Waals surface area contributed by atoms with E-state index in [9.17, 15) is 14.0 Å². The first kappa shape index (κ1) is 14.5. The van der Waals surface area contributed by atoms with E-state index in [0.717, 1.165) is 12.8 Å². The topological polar surface area (TPSA) is 66.4 Å². The second kappa shape index (κ2) is 5.61. The molecule has 1 saturated carbocycles. The SMILES string of the molecule is C[C@@H](NC(=O)C1(c2ccccc2F)CCCC1)C(=O)O. The van der Waals surface area contributed by atoms with E-state index in [2.05, 4.69) is 5.32 Å². The molecule has 0 bridgehead atoms. The number of carbonyl (C=O) groups is 2. The predicted octanol–water partition coefficient (Wildman–Crippen LogP) is 2.23. The molecule has 5 heteroatoms. The highest BCUT2D eigenvalue weighted by Crippen LogP contribution is 2.42. The van der Waals surface area contributed by atoms with Crippen LogP contribution in [0.5, 0.6) is 0 Å². The number of hydrogen-bond donors (Lipinski definition) is 2. The van der Waals surface area contributed by atoms with E-state index in [1.807, 2.05) is 0 Å². The largest absolute Gasteiger partial charge is 0.480 e. The molecule has 4 nitrogen and oxygen atoms in total. The molecule has 0 heterocycles. The minimum atomic E-state index is -1.10. The van der Waals surface area contributed by atoms with E-state index in [4.69, 9.17) is 5.11 Å². The van der Waals surface area contributed by atoms with Crippen LogP contribution in [-0.4, -0.2) is 23.0 Å². The van der Waals surface area contributed by atoms with Crippen molar-refractivity contribution >= 4 is 11.9 Å². The number of carboxylic acid groups (broad SMARTS) is 1. The summed E-state index contributed by atoms with van der Waals surface area (Å²) in [7, 11) is 0. The molecule has 108 valence electrons. The lowest BCUT2D eigenvalue weighted by atomic mass is 9.77. The van der Waals surface area contributed by atoms with Crippen LogP contribution in [0.15, 0.2) is 24.3 Å². The first-order chi connectivity index (χ1) is 9.47. The standard InChI is InChI=1S/C15H18FNO3/c1-10(13(18)19)17-14(20)15(8-4-5-9-15)11-6-2-3-7-12(11)16/h2-3,6-7,10H,4-5,8-9H2,1H3,(H,17,20)(H,18,19)/t10-/m1/s1. The minimum Gasteiger partial charge on any atom is -0.480 e. The quantitative estimate of drug-likeness (QED) is 0.888. The van der Waals surface area contributed by atoms with Crippen LogP contribution >= 0.6 is 0 Å². The Balaban J connectivity index is 2.33. The van der Waals surface area contributed by atoms with Crippen LogP contribution in [0.1, 0.15) is 38.2 Å². The fraction of sp³-hybridized carbons (Fsp3) is 0.467. The zero-order chi connectivity index (χ0) is 14.8. The Morgan fingerprint density at radius 2 is 1.90 bits per heavy atom. The molecule has 20 heavy (non-hydrogen) atoms. The number of aliphatic carboxylic acids is 1. The molecular weight excluding hydrogens is 261 g/mol. The van der Waals surface area contributed by atoms with Gasteiger partial charge in [-0.3, -0.25) is 9.59 Å². The molecule has 1 atom stereocenters. The number of nitrogens with one attached hydrogen (secondary N) is 1. The smallest absolute Gasteiger partial charge is 0.325 e. The van der Waals surface area contributed by atoms with E-state index in [1.165, 1.54) is 13.0 Å². The number of halogens is 1. The molecule has 0 spiro atoms. The van der Waals surface area contributed by atoms with Crippen LogP contribution < -0.4 is 5.32 Å². The molecule has 0 radical (unpaired) electrons. The summed E-state index contributed by atoms with van der Waals surface area (Å²) in [4.78, 5) is 23.4. The lowest BCUT2D eigenvalue weighted by Gasteiger charge is -2.29. The van der Waals surface area contributed by atoms with Gasteiger partial charge in [-0.1, -0.05) is 31.0 Å². The molecule has 1 aliphatic carbocycles. The van der Waals surface area contributed by atoms with Crippen molar-refractivity contribution in [3.63, 3.8) is 0 Å². The van der Waals surface area contributed by atoms with E-state index in [0.29, 0.717) is 18.4 Å². The van der Waals surface area contributed by atoms with Crippen molar-refractivity contribution in [1.82, 2.24) is 5.32 Å². The normalized spacial score (nSPS) is 18.5. The fourth-order valence-corrected chi connectivity index (χ4v) is 2.84. The Morgan fingerprint density at radius 3 is 2.45 bits per heavy atom. The van der Waals surface area contributed by atoms with Gasteiger partial charge in [0.05, 0.1) is 5.41 Å². The van der Waals surface area contributed by atoms with Gasteiger partial charge < -0.3 is 10.4 Å². The number of amides is 1. The summed E-state index contributed by atoms with van der Waals surface area (Å²) in [6.07, 6.45) is 2.77. The lowest BCUT2D eigenvalue weighted by Crippen LogP contribution is -2.48. The molecule has 2 rings (SSSR count). The van der Waals surface area contributed by atoms with Gasteiger partial charge in [0.15, 0.2) is 0 Å². The van der Waals surface area contributed by atoms with Gasteiger partial charge >= 0.3 is 5.97 Å². The highest BCUT2D eigenvalue weighted by atomic mass is 19.1. The van der Waals surface area contributed by atoms with Crippen molar-refractivity contribution in [3.05, 3.63) is 35.6 Å². The molecule has 0 saturated heterocycles. The second-order valence-electron chi connectivity index (χ2n) is 5.30. The van der Waals surface area contributed by atoms with Gasteiger partial charge in [-0.2, -0.15) is 0 Å². The Bertz CT molecular complexity index is 524. The average Bonchev–Trinajstić information content (AvgIpc) is 2.89. The van der Waals surface area contributed by atoms with Crippen molar-refractivity contribution in [2.75, 3.05) is 0 Å². The molecule has 0 unspecified atom stereocenters. The molecule has 1 amide bonds. The zero-order valence-corrected chi connectivity index (χ0v) is 11.4. The molecule has 0 aliphatic heterocycles. The summed E-state index contributed by atoms with van der Waals surface area (Å²) in [6, 6.07) is 5.26. The van der Waals surface area contributed by atoms with Crippen molar-refractivity contribution in [2.45, 2.75) is 44.1 Å². The summed E-state index contributed by atoms with van der Waals surface area (Å²) in [5.41, 5.74) is -0.567. The molecular formula is C15H18FNO3. The summed E-state index contributed by atoms with van der Waals surface area (Å²) < 4.78 is 14.0. The van der Waals surface area contributed by atoms with E-state index in [-0.39, 0.29) is 0 Å². The van der Waals surface area contributed by atoms with Crippen molar-refractivity contribution in [2.24, 2.45) is 0 Å². The molecule has 1 aromatic rings. The number of benzene rings is 1. The highest BCUT2D eigenvalue weighted by molar-refractivity contribution is 5.91. The molecule has 2 N–H and O–H groups in total. The maximum atomic E-state index is 14.0. The minimum absolute atomic E-state index is 0.368. The van der Waals surface area contributed by atoms with Crippen LogP contribution in [-0.2, 0) is 15.0 Å². The number of carboxylic acids is 1. The summed E-state index contributed by atoms with van der Waals surface area (Å²) >= 11 is 0. The van der Waals surface area contributed by atoms with Crippen molar-refractivity contribution in [1.29, 1.82) is 0 Å². The van der Waals surface area contributed by atoms with E-state index >= 15 is 0 Å². The maximum absolute atomic E-state index is 14.0. The van der Waals surface area contributed by atoms with Gasteiger partial charge in [0.25, 0.3) is 0 Å². The summed E-state index contributed by atoms with van der Waals surface area (Å²) in [6.45, 7) is 1.41. The first-order valence-corrected chi connectivity index (χ1v) is 6.76. The van der Waals surface area contributed by atoms with Crippen molar-refractivity contribution in [3.8, 4) is 0 Å². The fourth-order valence-electron chi connectivity index (χ4n) is 2.84. The summed E-state index contributed by atoms with van der Waals surface area (Å²) in [5, 5.41) is 11.4. The van der Waals surface area contributed by atoms with Gasteiger partial charge in [0.2, 0.25) is 5.91 Å². The number of carbonyl (C=O) groups excluding carboxylic acids is 1. The molecule has 0 aromatic heterocycles. The second-order valence-corrected chi connectivity index (χ2v) is 5.30. The van der Waals surface area contributed by atoms with Crippen LogP contribution in [0.2, 0.25) is 0 Å². The maximum Gasteiger partial charge on any atom is 0.325 e. The first-order valence-electron chi connectivity index (χ1n) is 6.76. The Kier molecular flexibility index (Phi) is 4.06. The van der Waals surface area contributed by atoms with Crippen molar-refractivity contribution < 1.29 is 19.1 Å². The van der Waals surface area contributed by atoms with Gasteiger partial charge in [-0.15, -0.1) is 0 Å². The lowest BCUT2D eigenvalue weighted by molar-refractivity contribution is -0.142. The van der Waals surface area contributed by atoms with E-state index < -0.39 is 29.2 Å². The van der Waals surface area contributed by atoms with Crippen LogP contribution in [0.25, 0.3) is 0 Å². The molecule has 1 fully saturated rings. The molecule has 1 aromatic carbocycles. The number of rotatable bonds is 4. The third kappa shape index (κ3) is 2.53.